The third-order valence-electron chi connectivity index (χ3n) is 3.58. The van der Waals surface area contributed by atoms with E-state index in [0.29, 0.717) is 0 Å². The number of piperazine rings is 1. The minimum Gasteiger partial charge on any atom is -0.369 e. The highest BCUT2D eigenvalue weighted by atomic mass is 15.2. The van der Waals surface area contributed by atoms with Gasteiger partial charge in [0.2, 0.25) is 0 Å². The third-order valence-corrected chi connectivity index (χ3v) is 3.58. The number of rotatable bonds is 1. The summed E-state index contributed by atoms with van der Waals surface area (Å²) in [7, 11) is 2.20. The van der Waals surface area contributed by atoms with Crippen LogP contribution in [-0.2, 0) is 5.41 Å². The maximum absolute atomic E-state index is 2.50. The highest BCUT2D eigenvalue weighted by Crippen LogP contribution is 2.26. The van der Waals surface area contributed by atoms with E-state index in [4.69, 9.17) is 0 Å². The first kappa shape index (κ1) is 12.4. The molecule has 0 aromatic heterocycles. The predicted octanol–water partition coefficient (Wildman–Crippen LogP) is 2.74. The molecular weight excluding hydrogens is 208 g/mol. The van der Waals surface area contributed by atoms with Crippen LogP contribution in [0.1, 0.15) is 26.3 Å². The summed E-state index contributed by atoms with van der Waals surface area (Å²) < 4.78 is 0. The van der Waals surface area contributed by atoms with Crippen molar-refractivity contribution >= 4 is 5.69 Å². The Morgan fingerprint density at radius 3 is 2.24 bits per heavy atom. The molecule has 0 atom stereocenters. The van der Waals surface area contributed by atoms with Crippen LogP contribution in [0.25, 0.3) is 0 Å². The Hall–Kier alpha value is -1.02. The fourth-order valence-corrected chi connectivity index (χ4v) is 2.23. The molecule has 17 heavy (non-hydrogen) atoms. The van der Waals surface area contributed by atoms with Crippen LogP contribution in [0.4, 0.5) is 5.69 Å². The lowest BCUT2D eigenvalue weighted by Gasteiger charge is -2.34. The number of hydrogen-bond acceptors (Lipinski definition) is 2. The smallest absolute Gasteiger partial charge is 0.0370 e. The zero-order chi connectivity index (χ0) is 12.5. The van der Waals surface area contributed by atoms with Gasteiger partial charge < -0.3 is 9.80 Å². The lowest BCUT2D eigenvalue weighted by molar-refractivity contribution is 0.313. The number of likely N-dealkylation sites (N-methyl/N-ethyl adjacent to an activating group) is 1. The van der Waals surface area contributed by atoms with Crippen molar-refractivity contribution < 1.29 is 0 Å². The highest BCUT2D eigenvalue weighted by Gasteiger charge is 2.17. The number of anilines is 1. The second kappa shape index (κ2) is 4.69. The fraction of sp³-hybridized carbons (Fsp3) is 0.600. The Morgan fingerprint density at radius 1 is 1.00 bits per heavy atom. The van der Waals surface area contributed by atoms with E-state index in [0.717, 1.165) is 13.1 Å². The first-order valence-corrected chi connectivity index (χ1v) is 6.51. The molecule has 0 radical (unpaired) electrons. The maximum atomic E-state index is 2.50. The number of nitrogens with zero attached hydrogens (tertiary/aromatic N) is 2. The summed E-state index contributed by atoms with van der Waals surface area (Å²) in [5, 5.41) is 0. The molecule has 0 bridgehead atoms. The number of hydrogen-bond donors (Lipinski definition) is 0. The van der Waals surface area contributed by atoms with Crippen molar-refractivity contribution in [3.8, 4) is 0 Å². The topological polar surface area (TPSA) is 6.48 Å². The van der Waals surface area contributed by atoms with Gasteiger partial charge in [-0.1, -0.05) is 32.9 Å². The largest absolute Gasteiger partial charge is 0.369 e. The van der Waals surface area contributed by atoms with Crippen molar-refractivity contribution in [1.82, 2.24) is 4.90 Å². The van der Waals surface area contributed by atoms with Gasteiger partial charge in [0.1, 0.15) is 0 Å². The van der Waals surface area contributed by atoms with E-state index in [9.17, 15) is 0 Å². The van der Waals surface area contributed by atoms with Crippen LogP contribution in [0.15, 0.2) is 24.3 Å². The van der Waals surface area contributed by atoms with Gasteiger partial charge in [0, 0.05) is 31.9 Å². The standard InChI is InChI=1S/C15H24N2/c1-15(2,3)13-6-5-7-14(12-13)17-10-8-16(4)9-11-17/h5-7,12H,8-11H2,1-4H3. The molecule has 1 fully saturated rings. The van der Waals surface area contributed by atoms with E-state index in [2.05, 4.69) is 61.9 Å². The van der Waals surface area contributed by atoms with Crippen LogP contribution in [-0.4, -0.2) is 38.1 Å². The molecule has 0 spiro atoms. The molecule has 1 aromatic carbocycles. The third kappa shape index (κ3) is 3.01. The summed E-state index contributed by atoms with van der Waals surface area (Å²) in [5.74, 6) is 0. The van der Waals surface area contributed by atoms with Gasteiger partial charge >= 0.3 is 0 Å². The Balaban J connectivity index is 2.16. The quantitative estimate of drug-likeness (QED) is 0.734. The van der Waals surface area contributed by atoms with Crippen molar-refractivity contribution in [2.24, 2.45) is 0 Å². The van der Waals surface area contributed by atoms with Crippen molar-refractivity contribution in [3.63, 3.8) is 0 Å². The molecule has 2 nitrogen and oxygen atoms in total. The van der Waals surface area contributed by atoms with Gasteiger partial charge in [0.05, 0.1) is 0 Å². The molecule has 0 N–H and O–H groups in total. The molecule has 0 amide bonds. The van der Waals surface area contributed by atoms with Crippen molar-refractivity contribution in [1.29, 1.82) is 0 Å². The van der Waals surface area contributed by atoms with Crippen molar-refractivity contribution in [3.05, 3.63) is 29.8 Å². The van der Waals surface area contributed by atoms with Crippen molar-refractivity contribution in [2.45, 2.75) is 26.2 Å². The normalized spacial score (nSPS) is 18.5. The lowest BCUT2D eigenvalue weighted by atomic mass is 9.87. The van der Waals surface area contributed by atoms with Gasteiger partial charge in [0.25, 0.3) is 0 Å². The minimum atomic E-state index is 0.239. The van der Waals surface area contributed by atoms with Crippen LogP contribution >= 0.6 is 0 Å². The fourth-order valence-electron chi connectivity index (χ4n) is 2.23. The van der Waals surface area contributed by atoms with E-state index < -0.39 is 0 Å². The number of benzene rings is 1. The monoisotopic (exact) mass is 232 g/mol. The molecule has 0 saturated carbocycles. The van der Waals surface area contributed by atoms with Gasteiger partial charge in [-0.2, -0.15) is 0 Å². The minimum absolute atomic E-state index is 0.239. The van der Waals surface area contributed by atoms with Crippen LogP contribution in [0.5, 0.6) is 0 Å². The summed E-state index contributed by atoms with van der Waals surface area (Å²) in [6, 6.07) is 9.01. The first-order valence-electron chi connectivity index (χ1n) is 6.51. The maximum Gasteiger partial charge on any atom is 0.0370 e. The second-order valence-corrected chi connectivity index (χ2v) is 6.09. The molecule has 1 heterocycles. The Labute approximate surface area is 105 Å². The first-order chi connectivity index (χ1) is 7.97. The molecule has 2 heteroatoms. The van der Waals surface area contributed by atoms with Gasteiger partial charge in [-0.3, -0.25) is 0 Å². The van der Waals surface area contributed by atoms with E-state index in [-0.39, 0.29) is 5.41 Å². The zero-order valence-corrected chi connectivity index (χ0v) is 11.5. The average molecular weight is 232 g/mol. The van der Waals surface area contributed by atoms with Crippen molar-refractivity contribution in [2.75, 3.05) is 38.1 Å². The average Bonchev–Trinajstić information content (AvgIpc) is 2.29. The summed E-state index contributed by atoms with van der Waals surface area (Å²) in [5.41, 5.74) is 3.04. The molecule has 0 unspecified atom stereocenters. The Bertz CT molecular complexity index is 371. The van der Waals surface area contributed by atoms with Crippen LogP contribution < -0.4 is 4.90 Å². The molecule has 1 aromatic rings. The zero-order valence-electron chi connectivity index (χ0n) is 11.5. The van der Waals surface area contributed by atoms with Gasteiger partial charge in [-0.25, -0.2) is 0 Å². The van der Waals surface area contributed by atoms with Gasteiger partial charge in [-0.05, 0) is 30.2 Å². The van der Waals surface area contributed by atoms with E-state index >= 15 is 0 Å². The SMILES string of the molecule is CN1CCN(c2cccc(C(C)(C)C)c2)CC1. The van der Waals surface area contributed by atoms with Crippen LogP contribution in [0.3, 0.4) is 0 Å². The molecule has 2 rings (SSSR count). The second-order valence-electron chi connectivity index (χ2n) is 6.09. The van der Waals surface area contributed by atoms with E-state index in [1.54, 1.807) is 0 Å². The lowest BCUT2D eigenvalue weighted by Crippen LogP contribution is -2.44. The summed E-state index contributed by atoms with van der Waals surface area (Å²) in [4.78, 5) is 4.89. The molecule has 94 valence electrons. The molecule has 1 saturated heterocycles. The van der Waals surface area contributed by atoms with Crippen LogP contribution in [0.2, 0.25) is 0 Å². The van der Waals surface area contributed by atoms with E-state index in [1.807, 2.05) is 0 Å². The molecule has 0 aliphatic carbocycles. The van der Waals surface area contributed by atoms with Crippen LogP contribution in [0, 0.1) is 0 Å². The summed E-state index contributed by atoms with van der Waals surface area (Å²) >= 11 is 0. The summed E-state index contributed by atoms with van der Waals surface area (Å²) in [6.07, 6.45) is 0. The highest BCUT2D eigenvalue weighted by molar-refractivity contribution is 5.50. The Kier molecular flexibility index (Phi) is 3.43. The summed E-state index contributed by atoms with van der Waals surface area (Å²) in [6.45, 7) is 11.4. The molecular formula is C15H24N2. The Morgan fingerprint density at radius 2 is 1.65 bits per heavy atom. The van der Waals surface area contributed by atoms with Gasteiger partial charge in [-0.15, -0.1) is 0 Å². The predicted molar refractivity (Wildman–Crippen MR) is 74.9 cm³/mol. The molecule has 1 aliphatic rings. The molecule has 1 aliphatic heterocycles. The van der Waals surface area contributed by atoms with Gasteiger partial charge in [0.15, 0.2) is 0 Å². The van der Waals surface area contributed by atoms with E-state index in [1.165, 1.54) is 24.3 Å².